The molecule has 3 heteroatoms. The predicted octanol–water partition coefficient (Wildman–Crippen LogP) is 2.75. The molecule has 2 unspecified atom stereocenters. The van der Waals surface area contributed by atoms with Gasteiger partial charge in [0.2, 0.25) is 0 Å². The Morgan fingerprint density at radius 3 is 2.50 bits per heavy atom. The number of rotatable bonds is 5. The van der Waals surface area contributed by atoms with Crippen molar-refractivity contribution in [3.05, 3.63) is 0 Å². The Morgan fingerprint density at radius 1 is 1.44 bits per heavy atom. The largest absolute Gasteiger partial charge is 0.481 e. The van der Waals surface area contributed by atoms with Crippen LogP contribution < -0.4 is 0 Å². The lowest BCUT2D eigenvalue weighted by Crippen LogP contribution is -2.52. The van der Waals surface area contributed by atoms with Crippen LogP contribution in [0.15, 0.2) is 0 Å². The summed E-state index contributed by atoms with van der Waals surface area (Å²) in [5, 5.41) is 9.13. The molecule has 0 amide bonds. The van der Waals surface area contributed by atoms with Gasteiger partial charge in [0.1, 0.15) is 0 Å². The fraction of sp³-hybridized carbons (Fsp3) is 0.923. The topological polar surface area (TPSA) is 40.5 Å². The van der Waals surface area contributed by atoms with Crippen LogP contribution in [-0.4, -0.2) is 34.6 Å². The quantitative estimate of drug-likeness (QED) is 0.785. The average Bonchev–Trinajstić information content (AvgIpc) is 2.17. The Balaban J connectivity index is 2.85. The van der Waals surface area contributed by atoms with E-state index < -0.39 is 5.97 Å². The van der Waals surface area contributed by atoms with E-state index in [0.717, 1.165) is 25.9 Å². The van der Waals surface area contributed by atoms with Crippen LogP contribution in [0.2, 0.25) is 0 Å². The van der Waals surface area contributed by atoms with Gasteiger partial charge in [-0.25, -0.2) is 0 Å². The van der Waals surface area contributed by atoms with Gasteiger partial charge in [0.25, 0.3) is 0 Å². The van der Waals surface area contributed by atoms with E-state index in [1.807, 2.05) is 0 Å². The first-order chi connectivity index (χ1) is 7.54. The van der Waals surface area contributed by atoms with Crippen molar-refractivity contribution in [1.82, 2.24) is 4.90 Å². The van der Waals surface area contributed by atoms with Crippen molar-refractivity contribution in [3.8, 4) is 0 Å². The smallest absolute Gasteiger partial charge is 0.305 e. The fourth-order valence-corrected chi connectivity index (χ4v) is 3.37. The van der Waals surface area contributed by atoms with Crippen LogP contribution in [0.5, 0.6) is 0 Å². The zero-order valence-electron chi connectivity index (χ0n) is 10.8. The summed E-state index contributed by atoms with van der Waals surface area (Å²) in [7, 11) is 0. The van der Waals surface area contributed by atoms with E-state index in [2.05, 4.69) is 25.7 Å². The van der Waals surface area contributed by atoms with Gasteiger partial charge in [0.05, 0.1) is 6.42 Å². The first-order valence-electron chi connectivity index (χ1n) is 6.51. The number of hydrogen-bond donors (Lipinski definition) is 1. The van der Waals surface area contributed by atoms with Crippen molar-refractivity contribution in [2.24, 2.45) is 5.92 Å². The first-order valence-corrected chi connectivity index (χ1v) is 6.51. The van der Waals surface area contributed by atoms with Crippen LogP contribution in [0.25, 0.3) is 0 Å². The summed E-state index contributed by atoms with van der Waals surface area (Å²) in [6.07, 6.45) is 4.82. The van der Waals surface area contributed by atoms with Gasteiger partial charge in [-0.1, -0.05) is 33.6 Å². The highest BCUT2D eigenvalue weighted by Gasteiger charge is 2.40. The van der Waals surface area contributed by atoms with Crippen LogP contribution in [-0.2, 0) is 4.79 Å². The van der Waals surface area contributed by atoms with Gasteiger partial charge in [0.15, 0.2) is 0 Å². The molecule has 1 N–H and O–H groups in total. The standard InChI is InChI=1S/C13H25NO2/c1-4-14(5-2)13(10-12(15)16)8-6-7-11(3)9-13/h11H,4-10H2,1-3H3,(H,15,16). The minimum Gasteiger partial charge on any atom is -0.481 e. The van der Waals surface area contributed by atoms with Crippen LogP contribution in [0.3, 0.4) is 0 Å². The molecule has 0 spiro atoms. The summed E-state index contributed by atoms with van der Waals surface area (Å²) < 4.78 is 0. The van der Waals surface area contributed by atoms with Crippen molar-refractivity contribution < 1.29 is 9.90 Å². The van der Waals surface area contributed by atoms with Gasteiger partial charge < -0.3 is 5.11 Å². The molecular formula is C13H25NO2. The molecule has 0 heterocycles. The van der Waals surface area contributed by atoms with E-state index >= 15 is 0 Å². The second-order valence-electron chi connectivity index (χ2n) is 5.17. The summed E-state index contributed by atoms with van der Waals surface area (Å²) in [4.78, 5) is 13.4. The predicted molar refractivity (Wildman–Crippen MR) is 65.5 cm³/mol. The third-order valence-corrected chi connectivity index (χ3v) is 3.98. The third-order valence-electron chi connectivity index (χ3n) is 3.98. The molecule has 1 aliphatic rings. The van der Waals surface area contributed by atoms with Gasteiger partial charge in [-0.05, 0) is 31.8 Å². The fourth-order valence-electron chi connectivity index (χ4n) is 3.37. The molecule has 0 radical (unpaired) electrons. The van der Waals surface area contributed by atoms with E-state index in [-0.39, 0.29) is 5.54 Å². The molecular weight excluding hydrogens is 202 g/mol. The normalized spacial score (nSPS) is 30.6. The Labute approximate surface area is 98.8 Å². The Morgan fingerprint density at radius 2 is 2.06 bits per heavy atom. The Kier molecular flexibility index (Phi) is 4.78. The maximum Gasteiger partial charge on any atom is 0.305 e. The SMILES string of the molecule is CCN(CC)C1(CC(=O)O)CCCC(C)C1. The maximum atomic E-state index is 11.1. The van der Waals surface area contributed by atoms with Crippen molar-refractivity contribution in [3.63, 3.8) is 0 Å². The minimum atomic E-state index is -0.652. The first kappa shape index (κ1) is 13.5. The van der Waals surface area contributed by atoms with Gasteiger partial charge in [-0.2, -0.15) is 0 Å². The van der Waals surface area contributed by atoms with E-state index in [9.17, 15) is 4.79 Å². The average molecular weight is 227 g/mol. The summed E-state index contributed by atoms with van der Waals surface area (Å²) in [5.74, 6) is 0.00898. The Hall–Kier alpha value is -0.570. The lowest BCUT2D eigenvalue weighted by molar-refractivity contribution is -0.141. The Bertz CT molecular complexity index is 238. The maximum absolute atomic E-state index is 11.1. The van der Waals surface area contributed by atoms with E-state index in [0.29, 0.717) is 12.3 Å². The summed E-state index contributed by atoms with van der Waals surface area (Å²) >= 11 is 0. The van der Waals surface area contributed by atoms with E-state index in [1.54, 1.807) is 0 Å². The van der Waals surface area contributed by atoms with Crippen molar-refractivity contribution in [2.45, 2.75) is 58.4 Å². The number of hydrogen-bond acceptors (Lipinski definition) is 2. The lowest BCUT2D eigenvalue weighted by atomic mass is 9.73. The van der Waals surface area contributed by atoms with Crippen LogP contribution in [0, 0.1) is 5.92 Å². The molecule has 2 atom stereocenters. The molecule has 1 aliphatic carbocycles. The van der Waals surface area contributed by atoms with E-state index in [4.69, 9.17) is 5.11 Å². The second-order valence-corrected chi connectivity index (χ2v) is 5.17. The summed E-state index contributed by atoms with van der Waals surface area (Å²) in [6.45, 7) is 8.42. The molecule has 0 bridgehead atoms. The highest BCUT2D eigenvalue weighted by Crippen LogP contribution is 2.39. The summed E-state index contributed by atoms with van der Waals surface area (Å²) in [5.41, 5.74) is -0.0764. The lowest BCUT2D eigenvalue weighted by Gasteiger charge is -2.47. The number of carboxylic acids is 1. The van der Waals surface area contributed by atoms with Crippen molar-refractivity contribution in [2.75, 3.05) is 13.1 Å². The van der Waals surface area contributed by atoms with Gasteiger partial charge in [-0.3, -0.25) is 9.69 Å². The zero-order chi connectivity index (χ0) is 12.2. The molecule has 3 nitrogen and oxygen atoms in total. The highest BCUT2D eigenvalue weighted by molar-refractivity contribution is 5.68. The zero-order valence-corrected chi connectivity index (χ0v) is 10.8. The minimum absolute atomic E-state index is 0.0764. The highest BCUT2D eigenvalue weighted by atomic mass is 16.4. The molecule has 1 rings (SSSR count). The van der Waals surface area contributed by atoms with Crippen LogP contribution in [0.1, 0.15) is 52.9 Å². The number of carbonyl (C=O) groups is 1. The van der Waals surface area contributed by atoms with Crippen LogP contribution in [0.4, 0.5) is 0 Å². The molecule has 0 aromatic heterocycles. The third kappa shape index (κ3) is 2.97. The van der Waals surface area contributed by atoms with Crippen molar-refractivity contribution in [1.29, 1.82) is 0 Å². The second kappa shape index (κ2) is 5.67. The molecule has 1 saturated carbocycles. The molecule has 0 aromatic rings. The molecule has 0 aromatic carbocycles. The number of carboxylic acid groups (broad SMARTS) is 1. The van der Waals surface area contributed by atoms with E-state index in [1.165, 1.54) is 12.8 Å². The monoisotopic (exact) mass is 227 g/mol. The number of aliphatic carboxylic acids is 1. The molecule has 0 saturated heterocycles. The van der Waals surface area contributed by atoms with Gasteiger partial charge >= 0.3 is 5.97 Å². The molecule has 94 valence electrons. The molecule has 16 heavy (non-hydrogen) atoms. The van der Waals surface area contributed by atoms with Gasteiger partial charge in [-0.15, -0.1) is 0 Å². The van der Waals surface area contributed by atoms with Crippen molar-refractivity contribution >= 4 is 5.97 Å². The van der Waals surface area contributed by atoms with Gasteiger partial charge in [0, 0.05) is 5.54 Å². The molecule has 1 fully saturated rings. The molecule has 0 aliphatic heterocycles. The number of nitrogens with zero attached hydrogens (tertiary/aromatic N) is 1. The van der Waals surface area contributed by atoms with Crippen LogP contribution >= 0.6 is 0 Å². The summed E-state index contributed by atoms with van der Waals surface area (Å²) in [6, 6.07) is 0.